The van der Waals surface area contributed by atoms with Crippen molar-refractivity contribution in [2.45, 2.75) is 12.5 Å². The first-order valence-corrected chi connectivity index (χ1v) is 10.8. The summed E-state index contributed by atoms with van der Waals surface area (Å²) in [6.07, 6.45) is 3.82. The minimum atomic E-state index is -0.358. The van der Waals surface area contributed by atoms with Gasteiger partial charge in [-0.25, -0.2) is 9.97 Å². The largest absolute Gasteiger partial charge is 0.497 e. The molecule has 0 unspecified atom stereocenters. The van der Waals surface area contributed by atoms with Crippen LogP contribution in [0.4, 0.5) is 0 Å². The molecular formula is C21H20N4O2S2. The number of thiazole rings is 1. The van der Waals surface area contributed by atoms with Gasteiger partial charge in [-0.15, -0.1) is 22.7 Å². The molecule has 3 aromatic heterocycles. The lowest BCUT2D eigenvalue weighted by molar-refractivity contribution is -0.121. The number of amides is 1. The number of carbonyl (C=O) groups is 1. The highest BCUT2D eigenvalue weighted by Gasteiger charge is 2.21. The Labute approximate surface area is 176 Å². The summed E-state index contributed by atoms with van der Waals surface area (Å²) in [5.74, 6) is 1.43. The summed E-state index contributed by atoms with van der Waals surface area (Å²) in [7, 11) is 3.55. The zero-order valence-corrected chi connectivity index (χ0v) is 17.7. The van der Waals surface area contributed by atoms with E-state index in [1.165, 1.54) is 0 Å². The molecule has 0 fully saturated rings. The summed E-state index contributed by atoms with van der Waals surface area (Å²) in [4.78, 5) is 23.0. The smallest absolute Gasteiger partial charge is 0.226 e. The highest BCUT2D eigenvalue weighted by Crippen LogP contribution is 2.28. The Balaban J connectivity index is 1.52. The normalized spacial score (nSPS) is 11.9. The van der Waals surface area contributed by atoms with E-state index < -0.39 is 0 Å². The van der Waals surface area contributed by atoms with Crippen molar-refractivity contribution in [1.82, 2.24) is 19.9 Å². The Morgan fingerprint density at radius 2 is 2.07 bits per heavy atom. The van der Waals surface area contributed by atoms with Crippen LogP contribution in [0, 0.1) is 0 Å². The maximum atomic E-state index is 12.8. The zero-order valence-electron chi connectivity index (χ0n) is 16.0. The first-order valence-electron chi connectivity index (χ1n) is 9.03. The van der Waals surface area contributed by atoms with Gasteiger partial charge in [-0.3, -0.25) is 4.79 Å². The number of hydrogen-bond donors (Lipinski definition) is 1. The lowest BCUT2D eigenvalue weighted by atomic mass is 10.1. The average Bonchev–Trinajstić information content (AvgIpc) is 3.48. The predicted octanol–water partition coefficient (Wildman–Crippen LogP) is 4.06. The molecule has 0 saturated carbocycles. The highest BCUT2D eigenvalue weighted by atomic mass is 32.1. The van der Waals surface area contributed by atoms with E-state index in [0.29, 0.717) is 0 Å². The van der Waals surface area contributed by atoms with Crippen LogP contribution < -0.4 is 10.1 Å². The number of aryl methyl sites for hydroxylation is 1. The number of aromatic nitrogens is 3. The van der Waals surface area contributed by atoms with Crippen LogP contribution in [-0.2, 0) is 18.3 Å². The Morgan fingerprint density at radius 1 is 1.24 bits per heavy atom. The third-order valence-corrected chi connectivity index (χ3v) is 6.43. The quantitative estimate of drug-likeness (QED) is 0.486. The van der Waals surface area contributed by atoms with Crippen LogP contribution in [-0.4, -0.2) is 27.6 Å². The maximum absolute atomic E-state index is 12.8. The van der Waals surface area contributed by atoms with Gasteiger partial charge in [0.2, 0.25) is 5.91 Å². The van der Waals surface area contributed by atoms with Gasteiger partial charge in [0.25, 0.3) is 0 Å². The van der Waals surface area contributed by atoms with Gasteiger partial charge in [-0.1, -0.05) is 18.2 Å². The van der Waals surface area contributed by atoms with E-state index in [9.17, 15) is 4.79 Å². The maximum Gasteiger partial charge on any atom is 0.226 e. The van der Waals surface area contributed by atoms with Gasteiger partial charge in [0.15, 0.2) is 0 Å². The number of rotatable bonds is 7. The molecule has 4 rings (SSSR count). The summed E-state index contributed by atoms with van der Waals surface area (Å²) < 4.78 is 7.15. The Bertz CT molecular complexity index is 1080. The van der Waals surface area contributed by atoms with E-state index in [-0.39, 0.29) is 18.4 Å². The predicted molar refractivity (Wildman–Crippen MR) is 115 cm³/mol. The van der Waals surface area contributed by atoms with Gasteiger partial charge in [0.05, 0.1) is 24.1 Å². The van der Waals surface area contributed by atoms with Crippen molar-refractivity contribution in [3.8, 4) is 15.6 Å². The van der Waals surface area contributed by atoms with Crippen LogP contribution in [0.1, 0.15) is 23.1 Å². The second kappa shape index (κ2) is 8.59. The second-order valence-electron chi connectivity index (χ2n) is 6.47. The number of hydrogen-bond acceptors (Lipinski definition) is 6. The third kappa shape index (κ3) is 4.38. The van der Waals surface area contributed by atoms with Gasteiger partial charge in [-0.05, 0) is 29.1 Å². The molecule has 3 heterocycles. The standard InChI is InChI=1S/C21H20N4O2S2/c1-25-10-9-22-20(25)19(14-5-7-16(27-2)8-6-14)24-18(26)12-15-13-29-21(23-15)17-4-3-11-28-17/h3-11,13,19H,12H2,1-2H3,(H,24,26)/t19-/m0/s1. The van der Waals surface area contributed by atoms with Gasteiger partial charge < -0.3 is 14.6 Å². The van der Waals surface area contributed by atoms with Crippen LogP contribution >= 0.6 is 22.7 Å². The van der Waals surface area contributed by atoms with E-state index in [1.807, 2.05) is 65.0 Å². The van der Waals surface area contributed by atoms with Crippen molar-refractivity contribution in [3.05, 3.63) is 76.6 Å². The fraction of sp³-hybridized carbons (Fsp3) is 0.190. The number of nitrogens with one attached hydrogen (secondary N) is 1. The molecule has 148 valence electrons. The molecule has 0 radical (unpaired) electrons. The van der Waals surface area contributed by atoms with E-state index in [2.05, 4.69) is 15.3 Å². The highest BCUT2D eigenvalue weighted by molar-refractivity contribution is 7.20. The van der Waals surface area contributed by atoms with E-state index >= 15 is 0 Å². The fourth-order valence-corrected chi connectivity index (χ4v) is 4.66. The van der Waals surface area contributed by atoms with Crippen LogP contribution in [0.3, 0.4) is 0 Å². The van der Waals surface area contributed by atoms with Crippen molar-refractivity contribution in [3.63, 3.8) is 0 Å². The second-order valence-corrected chi connectivity index (χ2v) is 8.27. The molecule has 1 N–H and O–H groups in total. The SMILES string of the molecule is COc1ccc([C@H](NC(=O)Cc2csc(-c3cccs3)n2)c2nccn2C)cc1. The zero-order chi connectivity index (χ0) is 20.2. The Kier molecular flexibility index (Phi) is 5.73. The number of nitrogens with zero attached hydrogens (tertiary/aromatic N) is 3. The lowest BCUT2D eigenvalue weighted by Gasteiger charge is -2.19. The number of thiophene rings is 1. The van der Waals surface area contributed by atoms with Crippen molar-refractivity contribution < 1.29 is 9.53 Å². The summed E-state index contributed by atoms with van der Waals surface area (Å²) in [6, 6.07) is 11.3. The topological polar surface area (TPSA) is 69.0 Å². The molecule has 29 heavy (non-hydrogen) atoms. The van der Waals surface area contributed by atoms with Gasteiger partial charge in [-0.2, -0.15) is 0 Å². The number of benzene rings is 1. The molecule has 1 atom stereocenters. The lowest BCUT2D eigenvalue weighted by Crippen LogP contribution is -2.32. The van der Waals surface area contributed by atoms with Crippen LogP contribution in [0.15, 0.2) is 59.6 Å². The minimum Gasteiger partial charge on any atom is -0.497 e. The molecule has 0 aliphatic rings. The van der Waals surface area contributed by atoms with Gasteiger partial charge in [0, 0.05) is 24.8 Å². The molecular weight excluding hydrogens is 404 g/mol. The molecule has 1 amide bonds. The number of carbonyl (C=O) groups excluding carboxylic acids is 1. The van der Waals surface area contributed by atoms with Crippen molar-refractivity contribution in [1.29, 1.82) is 0 Å². The summed E-state index contributed by atoms with van der Waals surface area (Å²) in [6.45, 7) is 0. The first kappa shape index (κ1) is 19.4. The summed E-state index contributed by atoms with van der Waals surface area (Å²) in [5, 5.41) is 8.02. The van der Waals surface area contributed by atoms with Crippen LogP contribution in [0.5, 0.6) is 5.75 Å². The van der Waals surface area contributed by atoms with Gasteiger partial charge >= 0.3 is 0 Å². The molecule has 4 aromatic rings. The first-order chi connectivity index (χ1) is 14.1. The van der Waals surface area contributed by atoms with E-state index in [1.54, 1.807) is 36.0 Å². The molecule has 0 bridgehead atoms. The Hall–Kier alpha value is -2.97. The molecule has 1 aromatic carbocycles. The Morgan fingerprint density at radius 3 is 2.72 bits per heavy atom. The molecule has 8 heteroatoms. The molecule has 0 spiro atoms. The number of ether oxygens (including phenoxy) is 1. The van der Waals surface area contributed by atoms with Crippen molar-refractivity contribution >= 4 is 28.6 Å². The minimum absolute atomic E-state index is 0.100. The summed E-state index contributed by atoms with van der Waals surface area (Å²) >= 11 is 3.20. The summed E-state index contributed by atoms with van der Waals surface area (Å²) in [5.41, 5.74) is 1.70. The molecule has 0 aliphatic heterocycles. The third-order valence-electron chi connectivity index (χ3n) is 4.50. The number of imidazole rings is 1. The van der Waals surface area contributed by atoms with Gasteiger partial charge in [0.1, 0.15) is 22.6 Å². The molecule has 6 nitrogen and oxygen atoms in total. The molecule has 0 aliphatic carbocycles. The number of methoxy groups -OCH3 is 1. The fourth-order valence-electron chi connectivity index (χ4n) is 3.03. The monoisotopic (exact) mass is 424 g/mol. The average molecular weight is 425 g/mol. The van der Waals surface area contributed by atoms with Crippen LogP contribution in [0.2, 0.25) is 0 Å². The molecule has 0 saturated heterocycles. The van der Waals surface area contributed by atoms with Crippen molar-refractivity contribution in [2.24, 2.45) is 7.05 Å². The van der Waals surface area contributed by atoms with E-state index in [4.69, 9.17) is 4.74 Å². The van der Waals surface area contributed by atoms with Crippen molar-refractivity contribution in [2.75, 3.05) is 7.11 Å². The van der Waals surface area contributed by atoms with Crippen LogP contribution in [0.25, 0.3) is 9.88 Å². The van der Waals surface area contributed by atoms with E-state index in [0.717, 1.165) is 32.7 Å².